The molecule has 198 valence electrons. The van der Waals surface area contributed by atoms with Crippen LogP contribution in [0.5, 0.6) is 0 Å². The van der Waals surface area contributed by atoms with Crippen LogP contribution in [0, 0.1) is 5.92 Å². The zero-order valence-corrected chi connectivity index (χ0v) is 21.6. The normalized spacial score (nSPS) is 18.8. The highest BCUT2D eigenvalue weighted by Crippen LogP contribution is 2.32. The van der Waals surface area contributed by atoms with Gasteiger partial charge in [0.1, 0.15) is 0 Å². The molecule has 0 saturated carbocycles. The number of likely N-dealkylation sites (tertiary alicyclic amines) is 1. The number of hydrogen-bond acceptors (Lipinski definition) is 4. The molecule has 2 aliphatic rings. The van der Waals surface area contributed by atoms with Crippen LogP contribution in [0.1, 0.15) is 36.0 Å². The molecule has 6 rings (SSSR count). The van der Waals surface area contributed by atoms with Crippen LogP contribution >= 0.6 is 0 Å². The van der Waals surface area contributed by atoms with Crippen LogP contribution in [0.15, 0.2) is 48.5 Å². The van der Waals surface area contributed by atoms with Gasteiger partial charge in [-0.2, -0.15) is 0 Å². The maximum Gasteiger partial charge on any atom is 0.404 e. The van der Waals surface area contributed by atoms with Crippen molar-refractivity contribution in [3.05, 3.63) is 54.1 Å². The van der Waals surface area contributed by atoms with Gasteiger partial charge in [-0.3, -0.25) is 4.79 Å². The molecule has 4 heterocycles. The van der Waals surface area contributed by atoms with Crippen LogP contribution in [0.4, 0.5) is 4.79 Å². The molecule has 4 aromatic rings. The van der Waals surface area contributed by atoms with Crippen LogP contribution in [0.2, 0.25) is 0 Å². The molecular formula is C29H33N5O4. The fourth-order valence-electron chi connectivity index (χ4n) is 5.98. The lowest BCUT2D eigenvalue weighted by Crippen LogP contribution is -2.49. The topological polar surface area (TPSA) is 102 Å². The van der Waals surface area contributed by atoms with Crippen molar-refractivity contribution in [2.75, 3.05) is 26.3 Å². The first-order chi connectivity index (χ1) is 18.5. The fourth-order valence-corrected chi connectivity index (χ4v) is 5.98. The van der Waals surface area contributed by atoms with Gasteiger partial charge >= 0.3 is 6.09 Å². The molecule has 1 atom stereocenters. The van der Waals surface area contributed by atoms with Crippen molar-refractivity contribution in [1.82, 2.24) is 24.3 Å². The van der Waals surface area contributed by atoms with Crippen molar-refractivity contribution in [2.24, 2.45) is 13.0 Å². The molecule has 2 amide bonds. The number of carboxylic acid groups (broad SMARTS) is 1. The molecule has 1 unspecified atom stereocenters. The highest BCUT2D eigenvalue weighted by molar-refractivity contribution is 5.98. The lowest BCUT2D eigenvalue weighted by Gasteiger charge is -2.32. The number of nitrogens with one attached hydrogen (secondary N) is 1. The van der Waals surface area contributed by atoms with Crippen molar-refractivity contribution in [3.8, 4) is 11.5 Å². The number of aryl methyl sites for hydroxylation is 1. The molecule has 0 radical (unpaired) electrons. The largest absolute Gasteiger partial charge is 0.465 e. The van der Waals surface area contributed by atoms with E-state index in [0.717, 1.165) is 68.0 Å². The number of nitrogens with zero attached hydrogens (tertiary/aromatic N) is 4. The highest BCUT2D eigenvalue weighted by Gasteiger charge is 2.26. The molecule has 2 aliphatic heterocycles. The van der Waals surface area contributed by atoms with Gasteiger partial charge in [0.05, 0.1) is 16.7 Å². The average Bonchev–Trinajstić information content (AvgIpc) is 3.45. The summed E-state index contributed by atoms with van der Waals surface area (Å²) in [4.78, 5) is 31.2. The minimum absolute atomic E-state index is 0.0929. The zero-order valence-electron chi connectivity index (χ0n) is 21.6. The van der Waals surface area contributed by atoms with Crippen LogP contribution in [-0.4, -0.2) is 68.5 Å². The van der Waals surface area contributed by atoms with E-state index in [4.69, 9.17) is 14.8 Å². The van der Waals surface area contributed by atoms with E-state index in [2.05, 4.69) is 44.8 Å². The van der Waals surface area contributed by atoms with Crippen molar-refractivity contribution in [2.45, 2.75) is 38.3 Å². The smallest absolute Gasteiger partial charge is 0.404 e. The minimum Gasteiger partial charge on any atom is -0.465 e. The summed E-state index contributed by atoms with van der Waals surface area (Å²) in [6, 6.07) is 16.1. The number of imidazole rings is 1. The minimum atomic E-state index is -1.05. The fraction of sp³-hybridized carbons (Fsp3) is 0.414. The maximum atomic E-state index is 13.3. The quantitative estimate of drug-likeness (QED) is 0.408. The number of hydrogen-bond donors (Lipinski definition) is 2. The van der Waals surface area contributed by atoms with E-state index >= 15 is 0 Å². The van der Waals surface area contributed by atoms with Gasteiger partial charge in [0.25, 0.3) is 5.91 Å². The molecule has 2 N–H and O–H groups in total. The number of fused-ring (bicyclic) bond motifs is 2. The standard InChI is InChI=1S/C29H33N5O4/c1-32-25-9-8-21(28(35)33-12-4-6-22(18-33)30-29(36)37)15-23(25)31-27(32)26-16-20-5-2-3-7-24(20)34(26)17-19-10-13-38-14-11-19/h2-3,5,7-9,15-16,19,22,30H,4,6,10-14,17-18H2,1H3,(H,36,37). The number of rotatable bonds is 5. The first-order valence-electron chi connectivity index (χ1n) is 13.4. The average molecular weight is 516 g/mol. The Kier molecular flexibility index (Phi) is 6.53. The summed E-state index contributed by atoms with van der Waals surface area (Å²) in [7, 11) is 2.02. The Morgan fingerprint density at radius 2 is 1.89 bits per heavy atom. The third-order valence-corrected chi connectivity index (χ3v) is 7.99. The molecule has 2 fully saturated rings. The summed E-state index contributed by atoms with van der Waals surface area (Å²) in [5.74, 6) is 1.34. The van der Waals surface area contributed by atoms with Crippen LogP contribution in [0.3, 0.4) is 0 Å². The summed E-state index contributed by atoms with van der Waals surface area (Å²) < 4.78 is 10.1. The zero-order chi connectivity index (χ0) is 26.2. The number of carbonyl (C=O) groups is 2. The highest BCUT2D eigenvalue weighted by atomic mass is 16.5. The van der Waals surface area contributed by atoms with Crippen molar-refractivity contribution < 1.29 is 19.4 Å². The predicted octanol–water partition coefficient (Wildman–Crippen LogP) is 4.49. The Bertz CT molecular complexity index is 1500. The third-order valence-electron chi connectivity index (χ3n) is 7.99. The predicted molar refractivity (Wildman–Crippen MR) is 145 cm³/mol. The van der Waals surface area contributed by atoms with Gasteiger partial charge in [0, 0.05) is 62.4 Å². The van der Waals surface area contributed by atoms with Gasteiger partial charge in [-0.15, -0.1) is 0 Å². The molecule has 2 saturated heterocycles. The van der Waals surface area contributed by atoms with E-state index in [0.29, 0.717) is 24.6 Å². The lowest BCUT2D eigenvalue weighted by molar-refractivity contribution is 0.0617. The Balaban J connectivity index is 1.34. The van der Waals surface area contributed by atoms with Gasteiger partial charge in [0.15, 0.2) is 5.82 Å². The number of piperidine rings is 1. The summed E-state index contributed by atoms with van der Waals surface area (Å²) in [5.41, 5.74) is 4.58. The maximum absolute atomic E-state index is 13.3. The van der Waals surface area contributed by atoms with E-state index < -0.39 is 6.09 Å². The summed E-state index contributed by atoms with van der Waals surface area (Å²) in [6.07, 6.45) is 2.56. The van der Waals surface area contributed by atoms with Gasteiger partial charge in [0.2, 0.25) is 0 Å². The van der Waals surface area contributed by atoms with E-state index in [9.17, 15) is 9.59 Å². The van der Waals surface area contributed by atoms with Gasteiger partial charge in [-0.25, -0.2) is 9.78 Å². The molecule has 9 nitrogen and oxygen atoms in total. The molecular weight excluding hydrogens is 482 g/mol. The number of ether oxygens (including phenoxy) is 1. The van der Waals surface area contributed by atoms with E-state index in [1.54, 1.807) is 4.90 Å². The van der Waals surface area contributed by atoms with E-state index in [1.165, 1.54) is 10.9 Å². The molecule has 0 bridgehead atoms. The second-order valence-electron chi connectivity index (χ2n) is 10.5. The summed E-state index contributed by atoms with van der Waals surface area (Å²) in [5, 5.41) is 12.8. The van der Waals surface area contributed by atoms with Crippen molar-refractivity contribution >= 4 is 33.9 Å². The van der Waals surface area contributed by atoms with Crippen molar-refractivity contribution in [1.29, 1.82) is 0 Å². The first kappa shape index (κ1) is 24.5. The van der Waals surface area contributed by atoms with Gasteiger partial charge in [-0.05, 0) is 61.9 Å². The van der Waals surface area contributed by atoms with Crippen LogP contribution < -0.4 is 5.32 Å². The molecule has 0 spiro atoms. The SMILES string of the molecule is Cn1c(-c2cc3ccccc3n2CC2CCOCC2)nc2cc(C(=O)N3CCCC(NC(=O)O)C3)ccc21. The number of carbonyl (C=O) groups excluding carboxylic acids is 1. The Labute approximate surface area is 221 Å². The number of para-hydroxylation sites is 1. The van der Waals surface area contributed by atoms with Gasteiger partial charge in [-0.1, -0.05) is 18.2 Å². The van der Waals surface area contributed by atoms with Crippen molar-refractivity contribution in [3.63, 3.8) is 0 Å². The molecule has 2 aromatic carbocycles. The summed E-state index contributed by atoms with van der Waals surface area (Å²) >= 11 is 0. The summed E-state index contributed by atoms with van der Waals surface area (Å²) in [6.45, 7) is 3.54. The molecule has 38 heavy (non-hydrogen) atoms. The Hall–Kier alpha value is -3.85. The monoisotopic (exact) mass is 515 g/mol. The van der Waals surface area contributed by atoms with Crippen LogP contribution in [-0.2, 0) is 18.3 Å². The number of benzene rings is 2. The van der Waals surface area contributed by atoms with E-state index in [1.807, 2.05) is 25.2 Å². The molecule has 9 heteroatoms. The Morgan fingerprint density at radius 1 is 1.08 bits per heavy atom. The van der Waals surface area contributed by atoms with Crippen LogP contribution in [0.25, 0.3) is 33.5 Å². The lowest BCUT2D eigenvalue weighted by atomic mass is 10.0. The number of amides is 2. The van der Waals surface area contributed by atoms with E-state index in [-0.39, 0.29) is 11.9 Å². The molecule has 0 aliphatic carbocycles. The third kappa shape index (κ3) is 4.62. The first-order valence-corrected chi connectivity index (χ1v) is 13.4. The second kappa shape index (κ2) is 10.1. The second-order valence-corrected chi connectivity index (χ2v) is 10.5. The Morgan fingerprint density at radius 3 is 2.71 bits per heavy atom. The number of aromatic nitrogens is 3. The van der Waals surface area contributed by atoms with Gasteiger partial charge < -0.3 is 29.2 Å². The molecule has 2 aromatic heterocycles.